The molecular formula is C8H15N3. The Morgan fingerprint density at radius 2 is 2.36 bits per heavy atom. The second-order valence-corrected chi connectivity index (χ2v) is 3.19. The molecule has 0 aromatic rings. The highest BCUT2D eigenvalue weighted by Crippen LogP contribution is 2.22. The van der Waals surface area contributed by atoms with Crippen molar-refractivity contribution in [1.29, 1.82) is 0 Å². The lowest BCUT2D eigenvalue weighted by Crippen LogP contribution is -2.45. The molecule has 0 aliphatic carbocycles. The third kappa shape index (κ3) is 1.43. The van der Waals surface area contributed by atoms with Gasteiger partial charge in [0.2, 0.25) is 0 Å². The van der Waals surface area contributed by atoms with Gasteiger partial charge in [-0.25, -0.2) is 4.99 Å². The van der Waals surface area contributed by atoms with E-state index in [9.17, 15) is 0 Å². The van der Waals surface area contributed by atoms with Crippen LogP contribution in [0, 0.1) is 0 Å². The van der Waals surface area contributed by atoms with Crippen molar-refractivity contribution in [3.8, 4) is 0 Å². The lowest BCUT2D eigenvalue weighted by molar-refractivity contribution is 0.461. The van der Waals surface area contributed by atoms with E-state index in [1.54, 1.807) is 0 Å². The fourth-order valence-corrected chi connectivity index (χ4v) is 1.16. The maximum absolute atomic E-state index is 5.61. The quantitative estimate of drug-likeness (QED) is 0.580. The van der Waals surface area contributed by atoms with Crippen LogP contribution >= 0.6 is 0 Å². The molecule has 3 heteroatoms. The molecule has 0 fully saturated rings. The van der Waals surface area contributed by atoms with E-state index in [0.717, 1.165) is 6.42 Å². The monoisotopic (exact) mass is 153 g/mol. The molecule has 0 saturated heterocycles. The average molecular weight is 153 g/mol. The summed E-state index contributed by atoms with van der Waals surface area (Å²) in [6, 6.07) is 0. The first-order valence-corrected chi connectivity index (χ1v) is 3.77. The van der Waals surface area contributed by atoms with Crippen LogP contribution < -0.4 is 11.1 Å². The normalized spacial score (nSPS) is 31.2. The Labute approximate surface area is 67.4 Å². The van der Waals surface area contributed by atoms with Crippen LogP contribution in [0.1, 0.15) is 20.3 Å². The Kier molecular flexibility index (Phi) is 2.00. The summed E-state index contributed by atoms with van der Waals surface area (Å²) in [5.41, 5.74) is 6.85. The molecule has 0 saturated carbocycles. The van der Waals surface area contributed by atoms with Crippen molar-refractivity contribution >= 4 is 5.84 Å². The molecule has 3 N–H and O–H groups in total. The summed E-state index contributed by atoms with van der Waals surface area (Å²) >= 11 is 0. The van der Waals surface area contributed by atoms with E-state index < -0.39 is 0 Å². The third-order valence-electron chi connectivity index (χ3n) is 2.38. The van der Waals surface area contributed by atoms with Gasteiger partial charge in [0.15, 0.2) is 0 Å². The molecule has 1 rings (SSSR count). The van der Waals surface area contributed by atoms with Gasteiger partial charge in [-0.05, 0) is 26.5 Å². The number of nitrogens with zero attached hydrogens (tertiary/aromatic N) is 1. The molecule has 11 heavy (non-hydrogen) atoms. The van der Waals surface area contributed by atoms with Gasteiger partial charge < -0.3 is 11.1 Å². The molecule has 0 aromatic carbocycles. The number of likely N-dealkylation sites (N-methyl/N-ethyl adjacent to an activating group) is 1. The average Bonchev–Trinajstić information content (AvgIpc) is 1.98. The van der Waals surface area contributed by atoms with Crippen molar-refractivity contribution < 1.29 is 0 Å². The van der Waals surface area contributed by atoms with E-state index in [0.29, 0.717) is 5.84 Å². The molecule has 62 valence electrons. The van der Waals surface area contributed by atoms with Gasteiger partial charge in [-0.1, -0.05) is 0 Å². The number of hydrogen-bond donors (Lipinski definition) is 2. The fraction of sp³-hybridized carbons (Fsp3) is 0.625. The smallest absolute Gasteiger partial charge is 0.101 e. The van der Waals surface area contributed by atoms with Crippen molar-refractivity contribution in [2.45, 2.75) is 25.8 Å². The second-order valence-electron chi connectivity index (χ2n) is 3.19. The van der Waals surface area contributed by atoms with Crippen molar-refractivity contribution in [3.05, 3.63) is 11.8 Å². The van der Waals surface area contributed by atoms with Crippen LogP contribution in [-0.4, -0.2) is 18.4 Å². The molecular weight excluding hydrogens is 138 g/mol. The van der Waals surface area contributed by atoms with Crippen LogP contribution in [0.3, 0.4) is 0 Å². The molecule has 1 aliphatic heterocycles. The van der Waals surface area contributed by atoms with Gasteiger partial charge in [-0.2, -0.15) is 0 Å². The largest absolute Gasteiger partial charge is 0.387 e. The highest BCUT2D eigenvalue weighted by molar-refractivity contribution is 5.83. The zero-order valence-corrected chi connectivity index (χ0v) is 7.31. The topological polar surface area (TPSA) is 50.4 Å². The molecule has 3 nitrogen and oxygen atoms in total. The first-order chi connectivity index (χ1) is 5.08. The Morgan fingerprint density at radius 3 is 2.82 bits per heavy atom. The van der Waals surface area contributed by atoms with E-state index in [1.165, 1.54) is 5.57 Å². The second kappa shape index (κ2) is 2.66. The first-order valence-electron chi connectivity index (χ1n) is 3.77. The minimum atomic E-state index is 0.00579. The highest BCUT2D eigenvalue weighted by atomic mass is 15.0. The van der Waals surface area contributed by atoms with Crippen LogP contribution in [0.4, 0.5) is 0 Å². The van der Waals surface area contributed by atoms with Crippen LogP contribution in [0.5, 0.6) is 0 Å². The summed E-state index contributed by atoms with van der Waals surface area (Å²) < 4.78 is 0. The molecule has 1 unspecified atom stereocenters. The minimum absolute atomic E-state index is 0.00579. The number of nitrogens with one attached hydrogen (secondary N) is 1. The number of nitrogens with two attached hydrogens (primary N) is 1. The zero-order valence-electron chi connectivity index (χ0n) is 7.31. The van der Waals surface area contributed by atoms with Gasteiger partial charge in [-0.3, -0.25) is 0 Å². The number of rotatable bonds is 1. The first kappa shape index (κ1) is 8.27. The highest BCUT2D eigenvalue weighted by Gasteiger charge is 2.27. The standard InChI is InChI=1S/C8H15N3/c1-6-5-11-7(9)4-8(6,2)10-3/h5,10H,4H2,1-3H3,(H2,9,11). The lowest BCUT2D eigenvalue weighted by Gasteiger charge is -2.32. The summed E-state index contributed by atoms with van der Waals surface area (Å²) in [7, 11) is 1.94. The Balaban J connectivity index is 2.89. The number of aliphatic imine (C=N–C) groups is 1. The van der Waals surface area contributed by atoms with E-state index in [4.69, 9.17) is 5.73 Å². The van der Waals surface area contributed by atoms with Gasteiger partial charge in [0.25, 0.3) is 0 Å². The van der Waals surface area contributed by atoms with E-state index in [2.05, 4.69) is 24.2 Å². The minimum Gasteiger partial charge on any atom is -0.387 e. The SMILES string of the molecule is CNC1(C)CC(N)=NC=C1C. The summed E-state index contributed by atoms with van der Waals surface area (Å²) in [4.78, 5) is 4.05. The van der Waals surface area contributed by atoms with Crippen LogP contribution in [0.2, 0.25) is 0 Å². The molecule has 0 aromatic heterocycles. The summed E-state index contributed by atoms with van der Waals surface area (Å²) in [5, 5.41) is 3.23. The van der Waals surface area contributed by atoms with Gasteiger partial charge >= 0.3 is 0 Å². The number of hydrogen-bond acceptors (Lipinski definition) is 3. The van der Waals surface area contributed by atoms with Gasteiger partial charge in [0.05, 0.1) is 0 Å². The Hall–Kier alpha value is -0.830. The maximum Gasteiger partial charge on any atom is 0.101 e. The zero-order chi connectivity index (χ0) is 8.48. The van der Waals surface area contributed by atoms with Crippen molar-refractivity contribution in [1.82, 2.24) is 5.32 Å². The molecule has 0 amide bonds. The van der Waals surface area contributed by atoms with Crippen LogP contribution in [-0.2, 0) is 0 Å². The Morgan fingerprint density at radius 1 is 1.73 bits per heavy atom. The molecule has 0 bridgehead atoms. The van der Waals surface area contributed by atoms with E-state index in [1.807, 2.05) is 13.2 Å². The summed E-state index contributed by atoms with van der Waals surface area (Å²) in [6.45, 7) is 4.19. The van der Waals surface area contributed by atoms with Crippen molar-refractivity contribution in [3.63, 3.8) is 0 Å². The predicted molar refractivity (Wildman–Crippen MR) is 47.5 cm³/mol. The molecule has 1 heterocycles. The van der Waals surface area contributed by atoms with E-state index in [-0.39, 0.29) is 5.54 Å². The fourth-order valence-electron chi connectivity index (χ4n) is 1.16. The molecule has 0 radical (unpaired) electrons. The molecule has 0 spiro atoms. The Bertz CT molecular complexity index is 217. The lowest BCUT2D eigenvalue weighted by atomic mass is 9.88. The van der Waals surface area contributed by atoms with Crippen LogP contribution in [0.25, 0.3) is 0 Å². The van der Waals surface area contributed by atoms with Gasteiger partial charge in [0, 0.05) is 18.2 Å². The molecule has 1 atom stereocenters. The van der Waals surface area contributed by atoms with E-state index >= 15 is 0 Å². The molecule has 1 aliphatic rings. The van der Waals surface area contributed by atoms with Gasteiger partial charge in [0.1, 0.15) is 5.84 Å². The maximum atomic E-state index is 5.61. The number of amidine groups is 1. The van der Waals surface area contributed by atoms with Crippen molar-refractivity contribution in [2.24, 2.45) is 10.7 Å². The van der Waals surface area contributed by atoms with Gasteiger partial charge in [-0.15, -0.1) is 0 Å². The van der Waals surface area contributed by atoms with Crippen LogP contribution in [0.15, 0.2) is 16.8 Å². The summed E-state index contributed by atoms with van der Waals surface area (Å²) in [6.07, 6.45) is 2.63. The third-order valence-corrected chi connectivity index (χ3v) is 2.38. The van der Waals surface area contributed by atoms with Crippen molar-refractivity contribution in [2.75, 3.05) is 7.05 Å². The predicted octanol–water partition coefficient (Wildman–Crippen LogP) is 0.629. The summed E-state index contributed by atoms with van der Waals surface area (Å²) in [5.74, 6) is 0.701.